The molecule has 1 amide bonds. The van der Waals surface area contributed by atoms with E-state index >= 15 is 0 Å². The van der Waals surface area contributed by atoms with Crippen LogP contribution in [0, 0.1) is 0 Å². The lowest BCUT2D eigenvalue weighted by Gasteiger charge is -2.21. The van der Waals surface area contributed by atoms with Gasteiger partial charge in [0.15, 0.2) is 0 Å². The average molecular weight is 272 g/mol. The van der Waals surface area contributed by atoms with Crippen molar-refractivity contribution < 1.29 is 4.79 Å². The summed E-state index contributed by atoms with van der Waals surface area (Å²) in [5.74, 6) is -0.195. The standard InChI is InChI=1S/C14H16N4O2/c1-2-7-18(10-11-3-5-15-6-4-11)14(20)12-8-17-13(19)9-16-12/h3-6,8-9H,2,7,10H2,1H3,(H,17,19). The molecule has 0 saturated carbocycles. The normalized spacial score (nSPS) is 10.2. The van der Waals surface area contributed by atoms with Gasteiger partial charge in [0.2, 0.25) is 0 Å². The lowest BCUT2D eigenvalue weighted by Crippen LogP contribution is -2.32. The van der Waals surface area contributed by atoms with Crippen LogP contribution in [0.2, 0.25) is 0 Å². The third-order valence-corrected chi connectivity index (χ3v) is 2.79. The van der Waals surface area contributed by atoms with Gasteiger partial charge in [0.1, 0.15) is 5.69 Å². The van der Waals surface area contributed by atoms with Gasteiger partial charge in [-0.3, -0.25) is 14.6 Å². The Morgan fingerprint density at radius 2 is 2.10 bits per heavy atom. The molecular weight excluding hydrogens is 256 g/mol. The predicted octanol–water partition coefficient (Wildman–Crippen LogP) is 1.22. The fourth-order valence-electron chi connectivity index (χ4n) is 1.85. The monoisotopic (exact) mass is 272 g/mol. The molecule has 0 spiro atoms. The highest BCUT2D eigenvalue weighted by molar-refractivity contribution is 5.91. The molecule has 0 aromatic carbocycles. The molecule has 6 heteroatoms. The first-order valence-corrected chi connectivity index (χ1v) is 6.43. The second kappa shape index (κ2) is 6.60. The summed E-state index contributed by atoms with van der Waals surface area (Å²) in [5, 5.41) is 0. The molecule has 0 aliphatic heterocycles. The molecule has 0 unspecified atom stereocenters. The summed E-state index contributed by atoms with van der Waals surface area (Å²) in [6.45, 7) is 3.13. The quantitative estimate of drug-likeness (QED) is 0.887. The first-order valence-electron chi connectivity index (χ1n) is 6.43. The van der Waals surface area contributed by atoms with Crippen molar-refractivity contribution in [2.45, 2.75) is 19.9 Å². The van der Waals surface area contributed by atoms with Crippen LogP contribution in [-0.4, -0.2) is 32.3 Å². The molecule has 0 aliphatic rings. The number of carbonyl (C=O) groups excluding carboxylic acids is 1. The molecule has 1 N–H and O–H groups in total. The van der Waals surface area contributed by atoms with Gasteiger partial charge in [-0.1, -0.05) is 6.92 Å². The highest BCUT2D eigenvalue weighted by atomic mass is 16.2. The largest absolute Gasteiger partial charge is 0.333 e. The molecule has 6 nitrogen and oxygen atoms in total. The van der Waals surface area contributed by atoms with Crippen LogP contribution in [0.25, 0.3) is 0 Å². The van der Waals surface area contributed by atoms with Gasteiger partial charge in [0.25, 0.3) is 11.5 Å². The second-order valence-electron chi connectivity index (χ2n) is 4.38. The molecule has 0 fully saturated rings. The summed E-state index contributed by atoms with van der Waals surface area (Å²) in [4.78, 5) is 35.4. The van der Waals surface area contributed by atoms with Crippen LogP contribution in [-0.2, 0) is 6.54 Å². The molecule has 2 rings (SSSR count). The minimum Gasteiger partial charge on any atom is -0.333 e. The molecule has 2 aromatic rings. The van der Waals surface area contributed by atoms with E-state index in [2.05, 4.69) is 15.0 Å². The Kier molecular flexibility index (Phi) is 4.60. The number of pyridine rings is 1. The van der Waals surface area contributed by atoms with Crippen molar-refractivity contribution in [2.75, 3.05) is 6.54 Å². The number of hydrogen-bond acceptors (Lipinski definition) is 4. The number of rotatable bonds is 5. The van der Waals surface area contributed by atoms with Gasteiger partial charge in [-0.05, 0) is 24.1 Å². The summed E-state index contributed by atoms with van der Waals surface area (Å²) in [7, 11) is 0. The maximum atomic E-state index is 12.4. The van der Waals surface area contributed by atoms with Gasteiger partial charge in [-0.15, -0.1) is 0 Å². The number of aromatic nitrogens is 3. The van der Waals surface area contributed by atoms with Crippen LogP contribution in [0.1, 0.15) is 29.4 Å². The van der Waals surface area contributed by atoms with Crippen molar-refractivity contribution in [3.63, 3.8) is 0 Å². The van der Waals surface area contributed by atoms with E-state index in [4.69, 9.17) is 0 Å². The number of nitrogens with zero attached hydrogens (tertiary/aromatic N) is 3. The molecule has 0 bridgehead atoms. The fourth-order valence-corrected chi connectivity index (χ4v) is 1.85. The van der Waals surface area contributed by atoms with E-state index < -0.39 is 0 Å². The van der Waals surface area contributed by atoms with Gasteiger partial charge in [-0.2, -0.15) is 0 Å². The Hall–Kier alpha value is -2.50. The lowest BCUT2D eigenvalue weighted by molar-refractivity contribution is 0.0736. The van der Waals surface area contributed by atoms with Crippen LogP contribution in [0.5, 0.6) is 0 Å². The molecular formula is C14H16N4O2. The molecule has 2 aromatic heterocycles. The zero-order valence-corrected chi connectivity index (χ0v) is 11.2. The minimum absolute atomic E-state index is 0.195. The predicted molar refractivity (Wildman–Crippen MR) is 74.1 cm³/mol. The fraction of sp³-hybridized carbons (Fsp3) is 0.286. The van der Waals surface area contributed by atoms with E-state index in [1.807, 2.05) is 19.1 Å². The second-order valence-corrected chi connectivity index (χ2v) is 4.38. The van der Waals surface area contributed by atoms with Crippen molar-refractivity contribution in [1.29, 1.82) is 0 Å². The lowest BCUT2D eigenvalue weighted by atomic mass is 10.2. The van der Waals surface area contributed by atoms with Gasteiger partial charge in [0, 0.05) is 31.7 Å². The summed E-state index contributed by atoms with van der Waals surface area (Å²) in [6.07, 6.45) is 6.70. The molecule has 2 heterocycles. The number of amides is 1. The molecule has 0 atom stereocenters. The molecule has 20 heavy (non-hydrogen) atoms. The zero-order valence-electron chi connectivity index (χ0n) is 11.2. The van der Waals surface area contributed by atoms with Crippen LogP contribution < -0.4 is 5.56 Å². The van der Waals surface area contributed by atoms with E-state index in [0.29, 0.717) is 13.1 Å². The number of hydrogen-bond donors (Lipinski definition) is 1. The third kappa shape index (κ3) is 3.50. The Labute approximate surface area is 116 Å². The van der Waals surface area contributed by atoms with E-state index in [1.165, 1.54) is 6.20 Å². The number of aromatic amines is 1. The first-order chi connectivity index (χ1) is 9.70. The summed E-state index contributed by atoms with van der Waals surface area (Å²) >= 11 is 0. The van der Waals surface area contributed by atoms with Crippen molar-refractivity contribution >= 4 is 5.91 Å². The number of carbonyl (C=O) groups is 1. The van der Waals surface area contributed by atoms with Crippen molar-refractivity contribution in [1.82, 2.24) is 19.9 Å². The maximum absolute atomic E-state index is 12.4. The van der Waals surface area contributed by atoms with E-state index in [0.717, 1.165) is 18.2 Å². The third-order valence-electron chi connectivity index (χ3n) is 2.79. The van der Waals surface area contributed by atoms with Gasteiger partial charge in [0.05, 0.1) is 6.20 Å². The number of H-pyrrole nitrogens is 1. The van der Waals surface area contributed by atoms with Crippen LogP contribution in [0.15, 0.2) is 41.7 Å². The highest BCUT2D eigenvalue weighted by Crippen LogP contribution is 2.07. The SMILES string of the molecule is CCCN(Cc1ccncc1)C(=O)c1c[nH]c(=O)cn1. The smallest absolute Gasteiger partial charge is 0.274 e. The summed E-state index contributed by atoms with van der Waals surface area (Å²) in [5.41, 5.74) is 0.927. The minimum atomic E-state index is -0.322. The van der Waals surface area contributed by atoms with Crippen LogP contribution >= 0.6 is 0 Å². The van der Waals surface area contributed by atoms with E-state index in [-0.39, 0.29) is 17.2 Å². The average Bonchev–Trinajstić information content (AvgIpc) is 2.48. The molecule has 0 radical (unpaired) electrons. The summed E-state index contributed by atoms with van der Waals surface area (Å²) < 4.78 is 0. The van der Waals surface area contributed by atoms with E-state index in [9.17, 15) is 9.59 Å². The van der Waals surface area contributed by atoms with Crippen molar-refractivity contribution in [3.05, 3.63) is 58.5 Å². The Balaban J connectivity index is 2.17. The summed E-state index contributed by atoms with van der Waals surface area (Å²) in [6, 6.07) is 3.74. The zero-order chi connectivity index (χ0) is 14.4. The van der Waals surface area contributed by atoms with Gasteiger partial charge < -0.3 is 9.88 Å². The Morgan fingerprint density at radius 3 is 2.70 bits per heavy atom. The highest BCUT2D eigenvalue weighted by Gasteiger charge is 2.16. The topological polar surface area (TPSA) is 79.0 Å². The Bertz CT molecular complexity index is 604. The molecule has 104 valence electrons. The first kappa shape index (κ1) is 13.9. The van der Waals surface area contributed by atoms with Crippen LogP contribution in [0.4, 0.5) is 0 Å². The van der Waals surface area contributed by atoms with Gasteiger partial charge in [-0.25, -0.2) is 4.98 Å². The number of nitrogens with one attached hydrogen (secondary N) is 1. The van der Waals surface area contributed by atoms with Crippen LogP contribution in [0.3, 0.4) is 0 Å². The Morgan fingerprint density at radius 1 is 1.35 bits per heavy atom. The maximum Gasteiger partial charge on any atom is 0.274 e. The van der Waals surface area contributed by atoms with E-state index in [1.54, 1.807) is 17.3 Å². The van der Waals surface area contributed by atoms with Crippen molar-refractivity contribution in [3.8, 4) is 0 Å². The molecule has 0 saturated heterocycles. The van der Waals surface area contributed by atoms with Crippen molar-refractivity contribution in [2.24, 2.45) is 0 Å². The molecule has 0 aliphatic carbocycles. The van der Waals surface area contributed by atoms with Gasteiger partial charge >= 0.3 is 0 Å².